The molecular formula is C33H32N2O7S. The number of aromatic nitrogens is 1. The van der Waals surface area contributed by atoms with E-state index in [-0.39, 0.29) is 17.7 Å². The Labute approximate surface area is 252 Å². The number of rotatable bonds is 10. The highest BCUT2D eigenvalue weighted by atomic mass is 32.1. The number of hydrogen-bond acceptors (Lipinski definition) is 9. The standard InChI is InChI=1S/C33H32N2O7S/c1-6-41-23-15-13-22(14-16-23)29-27(32(37)42-7-2)28(21-11-9-8-10-12-21)34-33-35(29)31(36)26(43-33)19-20-17-24(38-3)30(40-5)25(18-20)39-4/h8-19,29H,6-7H2,1-5H3/b26-19-/t29-/m0/s1. The molecule has 1 aliphatic rings. The Kier molecular flexibility index (Phi) is 8.96. The van der Waals surface area contributed by atoms with Gasteiger partial charge >= 0.3 is 5.97 Å². The average molecular weight is 601 g/mol. The molecule has 0 aliphatic carbocycles. The zero-order valence-electron chi connectivity index (χ0n) is 24.6. The van der Waals surface area contributed by atoms with Gasteiger partial charge in [-0.1, -0.05) is 53.8 Å². The third-order valence-electron chi connectivity index (χ3n) is 6.87. The Morgan fingerprint density at radius 3 is 2.19 bits per heavy atom. The number of ether oxygens (including phenoxy) is 5. The molecule has 9 nitrogen and oxygen atoms in total. The Hall–Kier alpha value is -4.83. The largest absolute Gasteiger partial charge is 0.494 e. The number of fused-ring (bicyclic) bond motifs is 1. The van der Waals surface area contributed by atoms with E-state index >= 15 is 0 Å². The van der Waals surface area contributed by atoms with Crippen molar-refractivity contribution in [1.82, 2.24) is 4.57 Å². The van der Waals surface area contributed by atoms with E-state index in [1.807, 2.05) is 61.5 Å². The zero-order valence-corrected chi connectivity index (χ0v) is 25.4. The maximum atomic E-state index is 14.2. The summed E-state index contributed by atoms with van der Waals surface area (Å²) >= 11 is 1.23. The first-order valence-corrected chi connectivity index (χ1v) is 14.6. The molecule has 5 rings (SSSR count). The summed E-state index contributed by atoms with van der Waals surface area (Å²) in [6.07, 6.45) is 1.75. The third kappa shape index (κ3) is 5.78. The van der Waals surface area contributed by atoms with Crippen molar-refractivity contribution in [3.63, 3.8) is 0 Å². The summed E-state index contributed by atoms with van der Waals surface area (Å²) < 4.78 is 29.6. The molecular weight excluding hydrogens is 568 g/mol. The summed E-state index contributed by atoms with van der Waals surface area (Å²) in [7, 11) is 4.60. The molecule has 10 heteroatoms. The van der Waals surface area contributed by atoms with Crippen molar-refractivity contribution in [1.29, 1.82) is 0 Å². The molecule has 0 saturated carbocycles. The van der Waals surface area contributed by atoms with Crippen LogP contribution in [0.25, 0.3) is 11.8 Å². The molecule has 1 atom stereocenters. The SMILES string of the molecule is CCOC(=O)C1=C(c2ccccc2)N=c2s/c(=C\c3cc(OC)c(OC)c(OC)c3)c(=O)n2[C@H]1c1ccc(OCC)cc1. The van der Waals surface area contributed by atoms with E-state index in [1.54, 1.807) is 29.7 Å². The zero-order chi connectivity index (χ0) is 30.5. The van der Waals surface area contributed by atoms with Gasteiger partial charge in [0.15, 0.2) is 16.3 Å². The van der Waals surface area contributed by atoms with Gasteiger partial charge in [0.25, 0.3) is 5.56 Å². The van der Waals surface area contributed by atoms with Crippen molar-refractivity contribution < 1.29 is 28.5 Å². The van der Waals surface area contributed by atoms with Gasteiger partial charge in [-0.3, -0.25) is 9.36 Å². The van der Waals surface area contributed by atoms with Gasteiger partial charge in [0.05, 0.1) is 56.4 Å². The number of thiazole rings is 1. The molecule has 3 aromatic carbocycles. The van der Waals surface area contributed by atoms with Gasteiger partial charge in [-0.25, -0.2) is 9.79 Å². The predicted octanol–water partition coefficient (Wildman–Crippen LogP) is 4.36. The molecule has 0 radical (unpaired) electrons. The van der Waals surface area contributed by atoms with Crippen LogP contribution in [0.5, 0.6) is 23.0 Å². The minimum absolute atomic E-state index is 0.173. The van der Waals surface area contributed by atoms with E-state index in [4.69, 9.17) is 28.7 Å². The number of carbonyl (C=O) groups is 1. The number of methoxy groups -OCH3 is 3. The van der Waals surface area contributed by atoms with Crippen molar-refractivity contribution in [3.8, 4) is 23.0 Å². The van der Waals surface area contributed by atoms with Crippen molar-refractivity contribution in [2.45, 2.75) is 19.9 Å². The Balaban J connectivity index is 1.79. The van der Waals surface area contributed by atoms with Crippen molar-refractivity contribution in [2.75, 3.05) is 34.5 Å². The van der Waals surface area contributed by atoms with Crippen LogP contribution < -0.4 is 33.8 Å². The predicted molar refractivity (Wildman–Crippen MR) is 165 cm³/mol. The summed E-state index contributed by atoms with van der Waals surface area (Å²) in [5.41, 5.74) is 2.57. The van der Waals surface area contributed by atoms with Crippen LogP contribution in [0.2, 0.25) is 0 Å². The first kappa shape index (κ1) is 29.7. The molecule has 222 valence electrons. The number of esters is 1. The molecule has 2 heterocycles. The summed E-state index contributed by atoms with van der Waals surface area (Å²) in [5, 5.41) is 0. The van der Waals surface area contributed by atoms with Crippen molar-refractivity contribution in [2.24, 2.45) is 4.99 Å². The van der Waals surface area contributed by atoms with Gasteiger partial charge in [0.1, 0.15) is 5.75 Å². The topological polar surface area (TPSA) is 97.6 Å². The average Bonchev–Trinajstić information content (AvgIpc) is 3.34. The van der Waals surface area contributed by atoms with Crippen LogP contribution >= 0.6 is 11.3 Å². The van der Waals surface area contributed by atoms with Crippen molar-refractivity contribution in [3.05, 3.63) is 109 Å². The van der Waals surface area contributed by atoms with Gasteiger partial charge in [-0.15, -0.1) is 0 Å². The lowest BCUT2D eigenvalue weighted by atomic mass is 9.93. The number of benzene rings is 3. The molecule has 0 saturated heterocycles. The van der Waals surface area contributed by atoms with E-state index in [1.165, 1.54) is 32.7 Å². The molecule has 0 unspecified atom stereocenters. The van der Waals surface area contributed by atoms with Crippen LogP contribution in [0.15, 0.2) is 82.1 Å². The fourth-order valence-corrected chi connectivity index (χ4v) is 6.01. The fraction of sp³-hybridized carbons (Fsp3) is 0.242. The van der Waals surface area contributed by atoms with Crippen LogP contribution in [0.4, 0.5) is 0 Å². The molecule has 0 spiro atoms. The number of hydrogen-bond donors (Lipinski definition) is 0. The summed E-state index contributed by atoms with van der Waals surface area (Å²) in [4.78, 5) is 33.1. The highest BCUT2D eigenvalue weighted by Crippen LogP contribution is 2.39. The van der Waals surface area contributed by atoms with Crippen molar-refractivity contribution >= 4 is 29.1 Å². The lowest BCUT2D eigenvalue weighted by molar-refractivity contribution is -0.138. The molecule has 1 aliphatic heterocycles. The molecule has 43 heavy (non-hydrogen) atoms. The Morgan fingerprint density at radius 2 is 1.60 bits per heavy atom. The first-order chi connectivity index (χ1) is 20.9. The molecule has 0 amide bonds. The monoisotopic (exact) mass is 600 g/mol. The summed E-state index contributed by atoms with van der Waals surface area (Å²) in [6.45, 7) is 4.35. The smallest absolute Gasteiger partial charge is 0.338 e. The van der Waals surface area contributed by atoms with Gasteiger partial charge < -0.3 is 23.7 Å². The third-order valence-corrected chi connectivity index (χ3v) is 7.85. The molecule has 0 N–H and O–H groups in total. The Morgan fingerprint density at radius 1 is 0.930 bits per heavy atom. The summed E-state index contributed by atoms with van der Waals surface area (Å²) in [5.74, 6) is 1.52. The van der Waals surface area contributed by atoms with Gasteiger partial charge in [-0.2, -0.15) is 0 Å². The number of nitrogens with zero attached hydrogens (tertiary/aromatic N) is 2. The van der Waals surface area contributed by atoms with E-state index in [0.717, 1.165) is 11.1 Å². The van der Waals surface area contributed by atoms with Crippen LogP contribution in [0, 0.1) is 0 Å². The minimum Gasteiger partial charge on any atom is -0.494 e. The summed E-state index contributed by atoms with van der Waals surface area (Å²) in [6, 6.07) is 19.6. The molecule has 1 aromatic heterocycles. The lowest BCUT2D eigenvalue weighted by Crippen LogP contribution is -2.40. The van der Waals surface area contributed by atoms with E-state index in [0.29, 0.717) is 50.2 Å². The van der Waals surface area contributed by atoms with Gasteiger partial charge in [-0.05, 0) is 55.3 Å². The van der Waals surface area contributed by atoms with E-state index in [2.05, 4.69) is 0 Å². The second kappa shape index (κ2) is 13.0. The second-order valence-electron chi connectivity index (χ2n) is 9.39. The highest BCUT2D eigenvalue weighted by molar-refractivity contribution is 7.07. The maximum absolute atomic E-state index is 14.2. The van der Waals surface area contributed by atoms with Crippen LogP contribution in [-0.2, 0) is 9.53 Å². The number of carbonyl (C=O) groups excluding carboxylic acids is 1. The van der Waals surface area contributed by atoms with E-state index in [9.17, 15) is 9.59 Å². The van der Waals surface area contributed by atoms with E-state index < -0.39 is 12.0 Å². The van der Waals surface area contributed by atoms with Crippen LogP contribution in [0.3, 0.4) is 0 Å². The quantitative estimate of drug-likeness (QED) is 0.250. The second-order valence-corrected chi connectivity index (χ2v) is 10.4. The molecule has 0 bridgehead atoms. The molecule has 0 fully saturated rings. The van der Waals surface area contributed by atoms with Gasteiger partial charge in [0, 0.05) is 5.56 Å². The van der Waals surface area contributed by atoms with Gasteiger partial charge in [0.2, 0.25) is 5.75 Å². The van der Waals surface area contributed by atoms with Crippen LogP contribution in [0.1, 0.15) is 36.6 Å². The highest BCUT2D eigenvalue weighted by Gasteiger charge is 2.35. The lowest BCUT2D eigenvalue weighted by Gasteiger charge is -2.26. The fourth-order valence-electron chi connectivity index (χ4n) is 5.00. The normalized spacial score (nSPS) is 14.5. The van der Waals surface area contributed by atoms with Crippen LogP contribution in [-0.4, -0.2) is 45.1 Å². The molecule has 4 aromatic rings. The first-order valence-electron chi connectivity index (χ1n) is 13.7. The Bertz CT molecular complexity index is 1820. The maximum Gasteiger partial charge on any atom is 0.338 e. The minimum atomic E-state index is -0.789.